The minimum Gasteiger partial charge on any atom is -0.492 e. The van der Waals surface area contributed by atoms with Gasteiger partial charge in [0.2, 0.25) is 11.8 Å². The summed E-state index contributed by atoms with van der Waals surface area (Å²) in [5.41, 5.74) is 6.32. The number of aromatic hydroxyl groups is 1. The van der Waals surface area contributed by atoms with Crippen LogP contribution in [0.4, 0.5) is 0 Å². The number of nitrogens with zero attached hydrogens (tertiary/aromatic N) is 1. The molecule has 0 atom stereocenters. The second-order valence-electron chi connectivity index (χ2n) is 2.19. The zero-order valence-corrected chi connectivity index (χ0v) is 8.31. The van der Waals surface area contributed by atoms with E-state index in [-0.39, 0.29) is 15.5 Å². The average Bonchev–Trinajstić information content (AvgIpc) is 2.43. The van der Waals surface area contributed by atoms with Crippen molar-refractivity contribution in [2.75, 3.05) is 5.75 Å². The van der Waals surface area contributed by atoms with Crippen molar-refractivity contribution in [3.63, 3.8) is 0 Å². The van der Waals surface area contributed by atoms with Crippen molar-refractivity contribution in [3.8, 4) is 5.88 Å². The predicted molar refractivity (Wildman–Crippen MR) is 49.6 cm³/mol. The molecule has 14 heavy (non-hydrogen) atoms. The van der Waals surface area contributed by atoms with Gasteiger partial charge in [-0.05, 0) is 11.5 Å². The molecule has 0 fully saturated rings. The molecule has 1 aromatic heterocycles. The Balaban J connectivity index is 2.86. The number of hydrogen-bond donors (Lipinski definition) is 2. The first-order valence-electron chi connectivity index (χ1n) is 3.31. The van der Waals surface area contributed by atoms with Gasteiger partial charge in [-0.2, -0.15) is 4.37 Å². The van der Waals surface area contributed by atoms with Gasteiger partial charge >= 0.3 is 5.97 Å². The Bertz CT molecular complexity index is 376. The Morgan fingerprint density at radius 3 is 2.71 bits per heavy atom. The highest BCUT2D eigenvalue weighted by molar-refractivity contribution is 8.01. The number of carbonyl (C=O) groups is 2. The number of aromatic nitrogens is 1. The third kappa shape index (κ3) is 2.36. The van der Waals surface area contributed by atoms with E-state index in [1.54, 1.807) is 0 Å². The average molecular weight is 233 g/mol. The second kappa shape index (κ2) is 4.29. The van der Waals surface area contributed by atoms with Crippen molar-refractivity contribution in [1.29, 1.82) is 0 Å². The fourth-order valence-corrected chi connectivity index (χ4v) is 2.29. The molecule has 0 aromatic carbocycles. The molecule has 0 aliphatic heterocycles. The van der Waals surface area contributed by atoms with Gasteiger partial charge in [0.1, 0.15) is 5.56 Å². The molecule has 0 spiro atoms. The van der Waals surface area contributed by atoms with Crippen molar-refractivity contribution in [2.45, 2.75) is 4.21 Å². The number of hydrogen-bond acceptors (Lipinski definition) is 6. The van der Waals surface area contributed by atoms with Crippen molar-refractivity contribution in [3.05, 3.63) is 5.56 Å². The molecule has 3 N–H and O–H groups in total. The molecule has 0 saturated heterocycles. The Morgan fingerprint density at radius 2 is 2.21 bits per heavy atom. The van der Waals surface area contributed by atoms with Crippen molar-refractivity contribution in [1.82, 2.24) is 10.1 Å². The van der Waals surface area contributed by atoms with Crippen LogP contribution in [0.3, 0.4) is 0 Å². The van der Waals surface area contributed by atoms with E-state index < -0.39 is 17.8 Å². The number of thioether (sulfide) groups is 1. The second-order valence-corrected chi connectivity index (χ2v) is 4.20. The number of carbonyl (C=O) groups excluding carboxylic acids is 1. The topological polar surface area (TPSA) is 111 Å². The molecule has 75 valence electrons. The molecule has 6 nitrogen and oxygen atoms in total. The van der Waals surface area contributed by atoms with Gasteiger partial charge < -0.3 is 10.2 Å². The van der Waals surface area contributed by atoms with Crippen LogP contribution in [0.2, 0.25) is 0 Å². The Hall–Kier alpha value is -1.28. The molecule has 8 heteroatoms. The Labute approximate surface area is 86.9 Å². The highest BCUT2D eigenvalue weighted by atomic mass is 32.2. The maximum absolute atomic E-state index is 10.6. The number of aromatic carboxylic acids is 1. The van der Waals surface area contributed by atoms with Crippen LogP contribution in [0.1, 0.15) is 10.4 Å². The SMILES string of the molecule is [NH]C(=O)CSc1snc(O)c1C(=O)O. The Morgan fingerprint density at radius 1 is 1.57 bits per heavy atom. The number of carboxylic acids is 1. The molecule has 1 radical (unpaired) electrons. The molecule has 0 aliphatic rings. The van der Waals surface area contributed by atoms with Gasteiger partial charge in [0.25, 0.3) is 0 Å². The molecule has 1 aromatic rings. The van der Waals surface area contributed by atoms with E-state index in [0.717, 1.165) is 23.3 Å². The highest BCUT2D eigenvalue weighted by Gasteiger charge is 2.20. The third-order valence-electron chi connectivity index (χ3n) is 1.19. The van der Waals surface area contributed by atoms with Gasteiger partial charge in [0.15, 0.2) is 0 Å². The fourth-order valence-electron chi connectivity index (χ4n) is 0.680. The summed E-state index contributed by atoms with van der Waals surface area (Å²) in [6, 6.07) is 0. The molecular weight excluding hydrogens is 228 g/mol. The van der Waals surface area contributed by atoms with Crippen LogP contribution < -0.4 is 5.73 Å². The number of rotatable bonds is 4. The quantitative estimate of drug-likeness (QED) is 0.730. The zero-order chi connectivity index (χ0) is 10.7. The first-order chi connectivity index (χ1) is 6.52. The van der Waals surface area contributed by atoms with Crippen LogP contribution >= 0.6 is 23.3 Å². The largest absolute Gasteiger partial charge is 0.492 e. The maximum Gasteiger partial charge on any atom is 0.343 e. The molecule has 1 heterocycles. The van der Waals surface area contributed by atoms with Gasteiger partial charge in [0, 0.05) is 0 Å². The summed E-state index contributed by atoms with van der Waals surface area (Å²) in [6.45, 7) is 0. The molecule has 1 amide bonds. The molecule has 0 unspecified atom stereocenters. The lowest BCUT2D eigenvalue weighted by Gasteiger charge is -1.95. The zero-order valence-electron chi connectivity index (χ0n) is 6.68. The molecule has 0 bridgehead atoms. The summed E-state index contributed by atoms with van der Waals surface area (Å²) < 4.78 is 3.67. The minimum atomic E-state index is -1.30. The molecule has 1 rings (SSSR count). The molecular formula is C6H5N2O4S2. The van der Waals surface area contributed by atoms with Crippen molar-refractivity contribution in [2.24, 2.45) is 0 Å². The fraction of sp³-hybridized carbons (Fsp3) is 0.167. The van der Waals surface area contributed by atoms with E-state index >= 15 is 0 Å². The molecule has 0 aliphatic carbocycles. The van der Waals surface area contributed by atoms with Crippen LogP contribution in [0.25, 0.3) is 0 Å². The summed E-state index contributed by atoms with van der Waals surface area (Å²) in [5, 5.41) is 17.7. The van der Waals surface area contributed by atoms with Gasteiger partial charge in [-0.15, -0.1) is 11.8 Å². The minimum absolute atomic E-state index is 0.151. The van der Waals surface area contributed by atoms with E-state index in [4.69, 9.17) is 15.9 Å². The predicted octanol–water partition coefficient (Wildman–Crippen LogP) is 0.449. The monoisotopic (exact) mass is 233 g/mol. The summed E-state index contributed by atoms with van der Waals surface area (Å²) in [6.07, 6.45) is 0. The van der Waals surface area contributed by atoms with Crippen LogP contribution in [-0.4, -0.2) is 32.2 Å². The van der Waals surface area contributed by atoms with E-state index in [1.807, 2.05) is 0 Å². The summed E-state index contributed by atoms with van der Waals surface area (Å²) in [7, 11) is 0. The van der Waals surface area contributed by atoms with Gasteiger partial charge in [-0.3, -0.25) is 10.5 Å². The van der Waals surface area contributed by atoms with Crippen LogP contribution in [-0.2, 0) is 4.79 Å². The van der Waals surface area contributed by atoms with Crippen molar-refractivity contribution < 1.29 is 19.8 Å². The lowest BCUT2D eigenvalue weighted by atomic mass is 10.4. The standard InChI is InChI=1S/C6H5N2O4S2/c7-2(9)1-13-6-3(5(11)12)4(10)8-14-6/h7H,1H2,(H,8,10)(H,11,12). The lowest BCUT2D eigenvalue weighted by Crippen LogP contribution is -2.02. The van der Waals surface area contributed by atoms with Gasteiger partial charge in [-0.25, -0.2) is 4.79 Å². The van der Waals surface area contributed by atoms with Gasteiger partial charge in [0.05, 0.1) is 9.96 Å². The maximum atomic E-state index is 10.6. The van der Waals surface area contributed by atoms with E-state index in [9.17, 15) is 9.59 Å². The number of carboxylic acid groups (broad SMARTS) is 1. The smallest absolute Gasteiger partial charge is 0.343 e. The van der Waals surface area contributed by atoms with Crippen LogP contribution in [0.5, 0.6) is 5.88 Å². The number of amides is 1. The summed E-state index contributed by atoms with van der Waals surface area (Å²) >= 11 is 1.68. The first-order valence-corrected chi connectivity index (χ1v) is 5.07. The first kappa shape index (κ1) is 10.8. The Kier molecular flexibility index (Phi) is 3.31. The summed E-state index contributed by atoms with van der Waals surface area (Å²) in [5.74, 6) is -2.81. The van der Waals surface area contributed by atoms with Crippen LogP contribution in [0.15, 0.2) is 4.21 Å². The summed E-state index contributed by atoms with van der Waals surface area (Å²) in [4.78, 5) is 20.9. The van der Waals surface area contributed by atoms with E-state index in [0.29, 0.717) is 0 Å². The molecule has 0 saturated carbocycles. The van der Waals surface area contributed by atoms with E-state index in [1.165, 1.54) is 0 Å². The van der Waals surface area contributed by atoms with Crippen molar-refractivity contribution >= 4 is 35.2 Å². The third-order valence-corrected chi connectivity index (χ3v) is 3.28. The highest BCUT2D eigenvalue weighted by Crippen LogP contribution is 2.32. The normalized spacial score (nSPS) is 10.0. The van der Waals surface area contributed by atoms with Crippen LogP contribution in [0, 0.1) is 0 Å². The number of nitrogens with one attached hydrogen (secondary N) is 1. The van der Waals surface area contributed by atoms with E-state index in [2.05, 4.69) is 4.37 Å². The van der Waals surface area contributed by atoms with Gasteiger partial charge in [-0.1, -0.05) is 0 Å². The lowest BCUT2D eigenvalue weighted by molar-refractivity contribution is -0.116.